The molecule has 39 heavy (non-hydrogen) atoms. The normalized spacial score (nSPS) is 12.2. The zero-order valence-corrected chi connectivity index (χ0v) is 23.3. The highest BCUT2D eigenvalue weighted by molar-refractivity contribution is 6.30. The second-order valence-corrected chi connectivity index (χ2v) is 10.0. The Hall–Kier alpha value is -3.61. The number of aromatic nitrogens is 2. The Morgan fingerprint density at radius 2 is 1.62 bits per heavy atom. The van der Waals surface area contributed by atoms with Gasteiger partial charge in [0.25, 0.3) is 0 Å². The molecule has 0 atom stereocenters. The number of benzene rings is 3. The fourth-order valence-corrected chi connectivity index (χ4v) is 5.15. The van der Waals surface area contributed by atoms with Crippen molar-refractivity contribution in [1.82, 2.24) is 15.1 Å². The lowest BCUT2D eigenvalue weighted by Crippen LogP contribution is -2.24. The highest BCUT2D eigenvalue weighted by Crippen LogP contribution is 2.34. The van der Waals surface area contributed by atoms with Crippen LogP contribution in [0.5, 0.6) is 17.2 Å². The third kappa shape index (κ3) is 6.70. The maximum atomic E-state index is 6.80. The Bertz CT molecular complexity index is 1400. The van der Waals surface area contributed by atoms with Gasteiger partial charge in [-0.2, -0.15) is 0 Å². The van der Waals surface area contributed by atoms with Crippen molar-refractivity contribution in [2.24, 2.45) is 0 Å². The summed E-state index contributed by atoms with van der Waals surface area (Å²) in [4.78, 5) is 2.38. The first kappa shape index (κ1) is 27.0. The molecule has 1 aliphatic rings. The monoisotopic (exact) mass is 543 g/mol. The molecule has 0 bridgehead atoms. The van der Waals surface area contributed by atoms with E-state index in [0.717, 1.165) is 58.9 Å². The summed E-state index contributed by atoms with van der Waals surface area (Å²) in [6.07, 6.45) is 3.02. The van der Waals surface area contributed by atoms with E-state index in [1.807, 2.05) is 43.3 Å². The van der Waals surface area contributed by atoms with Crippen molar-refractivity contribution < 1.29 is 14.2 Å². The molecular weight excluding hydrogens is 510 g/mol. The van der Waals surface area contributed by atoms with Crippen LogP contribution in [0.1, 0.15) is 48.9 Å². The average Bonchev–Trinajstić information content (AvgIpc) is 3.42. The highest BCUT2D eigenvalue weighted by Gasteiger charge is 2.21. The molecule has 1 aliphatic heterocycles. The number of halogens is 1. The average molecular weight is 544 g/mol. The molecule has 0 aliphatic carbocycles. The molecule has 0 radical (unpaired) electrons. The number of fused-ring (bicyclic) bond motifs is 1. The molecule has 5 rings (SSSR count). The second-order valence-electron chi connectivity index (χ2n) is 9.68. The van der Waals surface area contributed by atoms with Crippen molar-refractivity contribution >= 4 is 11.6 Å². The summed E-state index contributed by atoms with van der Waals surface area (Å²) in [5.41, 5.74) is 6.46. The number of unbranched alkanes of at least 4 members (excludes halogenated alkanes) is 1. The fraction of sp³-hybridized carbons (Fsp3) is 0.312. The minimum Gasteiger partial charge on any atom is -0.494 e. The van der Waals surface area contributed by atoms with E-state index in [2.05, 4.69) is 58.4 Å². The summed E-state index contributed by atoms with van der Waals surface area (Å²) in [6.45, 7) is 7.12. The SMILES string of the molecule is CCCCc1c(-c2ccccc2)nnc(Cl)c1CN(Cc1cccc(OCC)c1)Cc1ccc2c(c1)OCO2. The van der Waals surface area contributed by atoms with Crippen LogP contribution in [0.2, 0.25) is 5.15 Å². The number of ether oxygens (including phenoxy) is 3. The van der Waals surface area contributed by atoms with E-state index in [1.54, 1.807) is 0 Å². The zero-order valence-electron chi connectivity index (χ0n) is 22.5. The third-order valence-corrected chi connectivity index (χ3v) is 7.11. The van der Waals surface area contributed by atoms with E-state index < -0.39 is 0 Å². The predicted octanol–water partition coefficient (Wildman–Crippen LogP) is 7.47. The quantitative estimate of drug-likeness (QED) is 0.185. The molecule has 202 valence electrons. The first-order valence-corrected chi connectivity index (χ1v) is 13.9. The molecule has 6 nitrogen and oxygen atoms in total. The van der Waals surface area contributed by atoms with Crippen LogP contribution in [0.3, 0.4) is 0 Å². The van der Waals surface area contributed by atoms with E-state index >= 15 is 0 Å². The number of rotatable bonds is 12. The van der Waals surface area contributed by atoms with Crippen LogP contribution >= 0.6 is 11.6 Å². The summed E-state index contributed by atoms with van der Waals surface area (Å²) in [5.74, 6) is 2.44. The lowest BCUT2D eigenvalue weighted by molar-refractivity contribution is 0.174. The van der Waals surface area contributed by atoms with Crippen molar-refractivity contribution in [1.29, 1.82) is 0 Å². The van der Waals surface area contributed by atoms with Gasteiger partial charge >= 0.3 is 0 Å². The van der Waals surface area contributed by atoms with Gasteiger partial charge in [0.15, 0.2) is 16.7 Å². The Labute approximate surface area is 235 Å². The molecule has 0 spiro atoms. The van der Waals surface area contributed by atoms with Crippen LogP contribution in [0.15, 0.2) is 72.8 Å². The van der Waals surface area contributed by atoms with Crippen molar-refractivity contribution in [3.63, 3.8) is 0 Å². The van der Waals surface area contributed by atoms with Crippen molar-refractivity contribution in [2.45, 2.75) is 52.7 Å². The van der Waals surface area contributed by atoms with Crippen LogP contribution in [0.25, 0.3) is 11.3 Å². The number of nitrogens with zero attached hydrogens (tertiary/aromatic N) is 3. The Morgan fingerprint density at radius 1 is 0.821 bits per heavy atom. The van der Waals surface area contributed by atoms with Crippen molar-refractivity contribution in [3.05, 3.63) is 100 Å². The van der Waals surface area contributed by atoms with Gasteiger partial charge in [-0.05, 0) is 60.7 Å². The lowest BCUT2D eigenvalue weighted by Gasteiger charge is -2.25. The van der Waals surface area contributed by atoms with Crippen LogP contribution in [-0.2, 0) is 26.1 Å². The van der Waals surface area contributed by atoms with E-state index in [-0.39, 0.29) is 6.79 Å². The van der Waals surface area contributed by atoms with Crippen LogP contribution < -0.4 is 14.2 Å². The molecule has 4 aromatic rings. The fourth-order valence-electron chi connectivity index (χ4n) is 4.94. The molecular formula is C32H34ClN3O3. The van der Waals surface area contributed by atoms with Gasteiger partial charge in [-0.15, -0.1) is 10.2 Å². The van der Waals surface area contributed by atoms with Gasteiger partial charge in [-0.1, -0.05) is 73.5 Å². The zero-order chi connectivity index (χ0) is 27.0. The highest BCUT2D eigenvalue weighted by atomic mass is 35.5. The molecule has 7 heteroatoms. The molecule has 1 aromatic heterocycles. The summed E-state index contributed by atoms with van der Waals surface area (Å²) < 4.78 is 17.0. The Morgan fingerprint density at radius 3 is 2.41 bits per heavy atom. The molecule has 0 unspecified atom stereocenters. The van der Waals surface area contributed by atoms with Crippen molar-refractivity contribution in [2.75, 3.05) is 13.4 Å². The van der Waals surface area contributed by atoms with Gasteiger partial charge in [0.05, 0.1) is 12.3 Å². The summed E-state index contributed by atoms with van der Waals surface area (Å²) in [7, 11) is 0. The van der Waals surface area contributed by atoms with Gasteiger partial charge in [-0.25, -0.2) is 0 Å². The molecule has 3 aromatic carbocycles. The largest absolute Gasteiger partial charge is 0.494 e. The molecule has 0 amide bonds. The maximum absolute atomic E-state index is 6.80. The number of hydrogen-bond donors (Lipinski definition) is 0. The molecule has 2 heterocycles. The summed E-state index contributed by atoms with van der Waals surface area (Å²) in [6, 6.07) is 24.7. The number of hydrogen-bond acceptors (Lipinski definition) is 6. The Kier molecular flexibility index (Phi) is 8.96. The molecule has 0 saturated heterocycles. The van der Waals surface area contributed by atoms with Crippen LogP contribution in [-0.4, -0.2) is 28.5 Å². The van der Waals surface area contributed by atoms with E-state index in [1.165, 1.54) is 11.1 Å². The van der Waals surface area contributed by atoms with Crippen LogP contribution in [0, 0.1) is 0 Å². The van der Waals surface area contributed by atoms with Gasteiger partial charge in [0.2, 0.25) is 6.79 Å². The van der Waals surface area contributed by atoms with E-state index in [9.17, 15) is 0 Å². The Balaban J connectivity index is 1.51. The first-order valence-electron chi connectivity index (χ1n) is 13.6. The van der Waals surface area contributed by atoms with E-state index in [0.29, 0.717) is 31.4 Å². The minimum absolute atomic E-state index is 0.258. The van der Waals surface area contributed by atoms with Crippen molar-refractivity contribution in [3.8, 4) is 28.5 Å². The molecule has 0 fully saturated rings. The smallest absolute Gasteiger partial charge is 0.231 e. The lowest BCUT2D eigenvalue weighted by atomic mass is 9.97. The topological polar surface area (TPSA) is 56.7 Å². The van der Waals surface area contributed by atoms with Gasteiger partial charge in [-0.3, -0.25) is 4.90 Å². The van der Waals surface area contributed by atoms with E-state index in [4.69, 9.17) is 25.8 Å². The summed E-state index contributed by atoms with van der Waals surface area (Å²) in [5, 5.41) is 9.43. The van der Waals surface area contributed by atoms with Gasteiger partial charge < -0.3 is 14.2 Å². The van der Waals surface area contributed by atoms with Gasteiger partial charge in [0, 0.05) is 30.8 Å². The third-order valence-electron chi connectivity index (χ3n) is 6.81. The van der Waals surface area contributed by atoms with Crippen LogP contribution in [0.4, 0.5) is 0 Å². The molecule has 0 saturated carbocycles. The predicted molar refractivity (Wildman–Crippen MR) is 154 cm³/mol. The minimum atomic E-state index is 0.258. The molecule has 0 N–H and O–H groups in total. The van der Waals surface area contributed by atoms with Gasteiger partial charge in [0.1, 0.15) is 5.75 Å². The maximum Gasteiger partial charge on any atom is 0.231 e. The first-order chi connectivity index (χ1) is 19.1. The second kappa shape index (κ2) is 13.0. The summed E-state index contributed by atoms with van der Waals surface area (Å²) >= 11 is 6.80. The standard InChI is InChI=1S/C32H34ClN3O3/c1-3-5-14-27-28(32(33)35-34-31(27)25-11-7-6-8-12-25)21-36(19-23-10-9-13-26(17-23)37-4-2)20-24-15-16-29-30(18-24)39-22-38-29/h6-13,15-18H,3-5,14,19-22H2,1-2H3.